The van der Waals surface area contributed by atoms with Crippen molar-refractivity contribution < 1.29 is 10.2 Å². The maximum absolute atomic E-state index is 10.9. The molecule has 0 amide bonds. The number of hydrogen-bond donors (Lipinski definition) is 2. The second-order valence-corrected chi connectivity index (χ2v) is 8.24. The van der Waals surface area contributed by atoms with Crippen molar-refractivity contribution in [3.05, 3.63) is 0 Å². The van der Waals surface area contributed by atoms with Crippen LogP contribution in [0, 0.1) is 33.5 Å². The molecule has 2 unspecified atom stereocenters. The van der Waals surface area contributed by atoms with Crippen molar-refractivity contribution >= 4 is 0 Å². The van der Waals surface area contributed by atoms with Gasteiger partial charge in [-0.25, -0.2) is 0 Å². The molecule has 5 aliphatic carbocycles. The minimum absolute atomic E-state index is 0.0236. The van der Waals surface area contributed by atoms with Crippen LogP contribution in [-0.4, -0.2) is 22.4 Å². The van der Waals surface area contributed by atoms with E-state index in [0.29, 0.717) is 11.8 Å². The van der Waals surface area contributed by atoms with Gasteiger partial charge in [-0.05, 0) is 35.5 Å². The van der Waals surface area contributed by atoms with Crippen molar-refractivity contribution in [2.24, 2.45) is 33.5 Å². The number of hydrogen-bond acceptors (Lipinski definition) is 2. The highest BCUT2D eigenvalue weighted by molar-refractivity contribution is 5.43. The molecule has 7 atom stereocenters. The summed E-state index contributed by atoms with van der Waals surface area (Å²) in [5, 5.41) is 21.7. The summed E-state index contributed by atoms with van der Waals surface area (Å²) in [4.78, 5) is 0. The van der Waals surface area contributed by atoms with E-state index in [9.17, 15) is 10.2 Å². The first kappa shape index (κ1) is 10.8. The Hall–Kier alpha value is -0.0800. The summed E-state index contributed by atoms with van der Waals surface area (Å²) in [5.74, 6) is 0.944. The van der Waals surface area contributed by atoms with Crippen molar-refractivity contribution in [2.75, 3.05) is 0 Å². The molecule has 4 bridgehead atoms. The smallest absolute Gasteiger partial charge is 0.0692 e. The summed E-state index contributed by atoms with van der Waals surface area (Å²) in [5.41, 5.74) is 0.0329. The molecule has 0 radical (unpaired) electrons. The van der Waals surface area contributed by atoms with E-state index in [1.54, 1.807) is 0 Å². The average molecular weight is 236 g/mol. The number of rotatable bonds is 0. The van der Waals surface area contributed by atoms with Gasteiger partial charge in [0.1, 0.15) is 0 Å². The van der Waals surface area contributed by atoms with Gasteiger partial charge in [-0.3, -0.25) is 0 Å². The summed E-state index contributed by atoms with van der Waals surface area (Å²) in [6.07, 6.45) is 3.03. The molecule has 0 aromatic carbocycles. The van der Waals surface area contributed by atoms with Gasteiger partial charge in [0, 0.05) is 10.8 Å². The average Bonchev–Trinajstić information content (AvgIpc) is 2.66. The first-order valence-electron chi connectivity index (χ1n) is 7.12. The van der Waals surface area contributed by atoms with E-state index in [-0.39, 0.29) is 33.9 Å². The molecule has 5 fully saturated rings. The van der Waals surface area contributed by atoms with Crippen LogP contribution in [0.5, 0.6) is 0 Å². The summed E-state index contributed by atoms with van der Waals surface area (Å²) < 4.78 is 0. The van der Waals surface area contributed by atoms with Gasteiger partial charge in [-0.1, -0.05) is 34.1 Å². The Morgan fingerprint density at radius 1 is 1.00 bits per heavy atom. The lowest BCUT2D eigenvalue weighted by molar-refractivity contribution is -0.172. The molecule has 1 spiro atoms. The zero-order chi connectivity index (χ0) is 12.4. The fourth-order valence-corrected chi connectivity index (χ4v) is 7.38. The SMILES string of the molecule is CC12C3[C@@H](O)[C@@]4([C@H]1O)C(C)(C)CCC[C@]4(C)[C@@H]32. The zero-order valence-corrected chi connectivity index (χ0v) is 11.3. The molecular formula is C15H24O2. The highest BCUT2D eigenvalue weighted by Crippen LogP contribution is 2.94. The largest absolute Gasteiger partial charge is 0.392 e. The Balaban J connectivity index is 2.00. The van der Waals surface area contributed by atoms with Crippen LogP contribution in [0.15, 0.2) is 0 Å². The molecule has 2 nitrogen and oxygen atoms in total. The van der Waals surface area contributed by atoms with Gasteiger partial charge in [0.15, 0.2) is 0 Å². The van der Waals surface area contributed by atoms with Gasteiger partial charge in [0.05, 0.1) is 12.2 Å². The molecule has 17 heavy (non-hydrogen) atoms. The van der Waals surface area contributed by atoms with Crippen molar-refractivity contribution in [3.8, 4) is 0 Å². The van der Waals surface area contributed by atoms with Crippen molar-refractivity contribution in [2.45, 2.75) is 59.2 Å². The van der Waals surface area contributed by atoms with E-state index in [4.69, 9.17) is 0 Å². The van der Waals surface area contributed by atoms with E-state index in [1.165, 1.54) is 12.8 Å². The van der Waals surface area contributed by atoms with Crippen LogP contribution in [0.4, 0.5) is 0 Å². The van der Waals surface area contributed by atoms with Crippen LogP contribution >= 0.6 is 0 Å². The predicted octanol–water partition coefficient (Wildman–Crippen LogP) is 2.19. The van der Waals surface area contributed by atoms with Gasteiger partial charge >= 0.3 is 0 Å². The van der Waals surface area contributed by atoms with Gasteiger partial charge in [-0.15, -0.1) is 0 Å². The monoisotopic (exact) mass is 236 g/mol. The molecule has 2 heteroatoms. The number of aliphatic hydroxyl groups is 2. The fraction of sp³-hybridized carbons (Fsp3) is 1.00. The summed E-state index contributed by atoms with van der Waals surface area (Å²) in [6.45, 7) is 9.11. The Kier molecular flexibility index (Phi) is 1.49. The van der Waals surface area contributed by atoms with Crippen LogP contribution in [0.1, 0.15) is 47.0 Å². The quantitative estimate of drug-likeness (QED) is 0.677. The normalized spacial score (nSPS) is 70.2. The summed E-state index contributed by atoms with van der Waals surface area (Å²) in [7, 11) is 0. The van der Waals surface area contributed by atoms with E-state index in [0.717, 1.165) is 6.42 Å². The molecular weight excluding hydrogens is 212 g/mol. The molecule has 5 saturated carbocycles. The third-order valence-electron chi connectivity index (χ3n) is 7.71. The van der Waals surface area contributed by atoms with Gasteiger partial charge in [0.25, 0.3) is 0 Å². The third-order valence-corrected chi connectivity index (χ3v) is 7.71. The van der Waals surface area contributed by atoms with E-state index in [2.05, 4.69) is 27.7 Å². The van der Waals surface area contributed by atoms with Gasteiger partial charge < -0.3 is 10.2 Å². The number of aliphatic hydroxyl groups excluding tert-OH is 2. The molecule has 0 saturated heterocycles. The first-order chi connectivity index (χ1) is 7.76. The van der Waals surface area contributed by atoms with E-state index >= 15 is 0 Å². The van der Waals surface area contributed by atoms with Crippen molar-refractivity contribution in [1.82, 2.24) is 0 Å². The predicted molar refractivity (Wildman–Crippen MR) is 65.3 cm³/mol. The molecule has 96 valence electrons. The molecule has 2 N–H and O–H groups in total. The second kappa shape index (κ2) is 2.34. The zero-order valence-electron chi connectivity index (χ0n) is 11.3. The Morgan fingerprint density at radius 2 is 1.65 bits per heavy atom. The molecule has 0 heterocycles. The highest BCUT2D eigenvalue weighted by Gasteiger charge is 2.96. The third kappa shape index (κ3) is 0.669. The maximum atomic E-state index is 10.9. The lowest BCUT2D eigenvalue weighted by Gasteiger charge is -2.58. The van der Waals surface area contributed by atoms with Crippen LogP contribution in [-0.2, 0) is 0 Å². The maximum Gasteiger partial charge on any atom is 0.0692 e. The van der Waals surface area contributed by atoms with Crippen LogP contribution < -0.4 is 0 Å². The molecule has 0 aliphatic heterocycles. The van der Waals surface area contributed by atoms with Crippen LogP contribution in [0.3, 0.4) is 0 Å². The van der Waals surface area contributed by atoms with Gasteiger partial charge in [-0.2, -0.15) is 0 Å². The van der Waals surface area contributed by atoms with Crippen LogP contribution in [0.25, 0.3) is 0 Å². The Bertz CT molecular complexity index is 417. The van der Waals surface area contributed by atoms with Crippen LogP contribution in [0.2, 0.25) is 0 Å². The van der Waals surface area contributed by atoms with E-state index < -0.39 is 0 Å². The summed E-state index contributed by atoms with van der Waals surface area (Å²) in [6, 6.07) is 0. The minimum atomic E-state index is -0.291. The van der Waals surface area contributed by atoms with Crippen molar-refractivity contribution in [3.63, 3.8) is 0 Å². The first-order valence-corrected chi connectivity index (χ1v) is 7.12. The lowest BCUT2D eigenvalue weighted by atomic mass is 9.47. The molecule has 0 aromatic heterocycles. The fourth-order valence-electron chi connectivity index (χ4n) is 7.38. The molecule has 5 rings (SSSR count). The Morgan fingerprint density at radius 3 is 2.12 bits per heavy atom. The Labute approximate surface area is 103 Å². The topological polar surface area (TPSA) is 40.5 Å². The lowest BCUT2D eigenvalue weighted by Crippen LogP contribution is -2.58. The van der Waals surface area contributed by atoms with Crippen molar-refractivity contribution in [1.29, 1.82) is 0 Å². The highest BCUT2D eigenvalue weighted by atomic mass is 16.3. The summed E-state index contributed by atoms with van der Waals surface area (Å²) >= 11 is 0. The van der Waals surface area contributed by atoms with E-state index in [1.807, 2.05) is 0 Å². The molecule has 5 aliphatic rings. The standard InChI is InChI=1S/C15H24O2/c1-12(2)6-5-7-13(3)9-8-10(16)15(12,13)11(17)14(8,9)4/h8-11,16-17H,5-7H2,1-4H3/t8?,9-,10-,11+,13-,14?,15-/m1/s1. The molecule has 0 aromatic rings. The minimum Gasteiger partial charge on any atom is -0.392 e. The second-order valence-electron chi connectivity index (χ2n) is 8.24. The van der Waals surface area contributed by atoms with Gasteiger partial charge in [0.2, 0.25) is 0 Å².